The van der Waals surface area contributed by atoms with E-state index in [-0.39, 0.29) is 30.3 Å². The minimum Gasteiger partial charge on any atom is -0.330 e. The highest BCUT2D eigenvalue weighted by Gasteiger charge is 2.36. The van der Waals surface area contributed by atoms with Crippen molar-refractivity contribution in [2.24, 2.45) is 17.6 Å². The van der Waals surface area contributed by atoms with Crippen LogP contribution in [0.1, 0.15) is 43.7 Å². The first-order chi connectivity index (χ1) is 10.7. The zero-order valence-electron chi connectivity index (χ0n) is 13.1. The molecule has 1 aromatic carbocycles. The molecule has 1 saturated carbocycles. The molecular formula is C17H24Cl2N2O2. The van der Waals surface area contributed by atoms with Crippen molar-refractivity contribution >= 4 is 29.9 Å². The third kappa shape index (κ3) is 4.18. The van der Waals surface area contributed by atoms with Gasteiger partial charge < -0.3 is 5.73 Å². The maximum absolute atomic E-state index is 12.8. The molecular weight excluding hydrogens is 335 g/mol. The highest BCUT2D eigenvalue weighted by Crippen LogP contribution is 2.36. The zero-order valence-corrected chi connectivity index (χ0v) is 14.7. The molecule has 2 aliphatic rings. The number of carbonyl (C=O) groups is 1. The minimum absolute atomic E-state index is 0. The van der Waals surface area contributed by atoms with Crippen LogP contribution < -0.4 is 5.73 Å². The molecule has 6 heteroatoms. The van der Waals surface area contributed by atoms with Crippen molar-refractivity contribution in [3.63, 3.8) is 0 Å². The molecule has 0 unspecified atom stereocenters. The highest BCUT2D eigenvalue weighted by molar-refractivity contribution is 6.30. The fourth-order valence-electron chi connectivity index (χ4n) is 3.50. The Morgan fingerprint density at radius 1 is 1.17 bits per heavy atom. The van der Waals surface area contributed by atoms with Crippen molar-refractivity contribution in [2.75, 3.05) is 13.2 Å². The molecule has 4 nitrogen and oxygen atoms in total. The summed E-state index contributed by atoms with van der Waals surface area (Å²) in [6.07, 6.45) is 4.78. The van der Waals surface area contributed by atoms with Crippen molar-refractivity contribution in [2.45, 2.75) is 38.1 Å². The molecule has 1 atom stereocenters. The highest BCUT2D eigenvalue weighted by atomic mass is 35.5. The van der Waals surface area contributed by atoms with Crippen LogP contribution >= 0.6 is 24.0 Å². The van der Waals surface area contributed by atoms with Gasteiger partial charge in [-0.25, -0.2) is 5.06 Å². The lowest BCUT2D eigenvalue weighted by atomic mass is 9.81. The van der Waals surface area contributed by atoms with Crippen LogP contribution in [0.3, 0.4) is 0 Å². The van der Waals surface area contributed by atoms with Gasteiger partial charge in [-0.3, -0.25) is 9.63 Å². The predicted octanol–water partition coefficient (Wildman–Crippen LogP) is 3.73. The summed E-state index contributed by atoms with van der Waals surface area (Å²) in [5.41, 5.74) is 6.82. The standard InChI is InChI=1S/C17H23ClN2O2.ClH/c18-15-7-5-13(6-8-15)16-9-10-22-20(16)17(21)14-3-1-12(11-19)2-4-14;/h5-8,12,14,16H,1-4,9-11,19H2;1H/t12?,14?,16-;/m0./s1. The number of amides is 1. The van der Waals surface area contributed by atoms with E-state index < -0.39 is 0 Å². The molecule has 0 spiro atoms. The Hall–Kier alpha value is -0.810. The lowest BCUT2D eigenvalue weighted by molar-refractivity contribution is -0.183. The summed E-state index contributed by atoms with van der Waals surface area (Å²) in [5, 5.41) is 2.32. The van der Waals surface area contributed by atoms with Gasteiger partial charge >= 0.3 is 0 Å². The Bertz CT molecular complexity index is 516. The molecule has 0 aromatic heterocycles. The Kier molecular flexibility index (Phi) is 6.72. The average Bonchev–Trinajstić information content (AvgIpc) is 3.04. The van der Waals surface area contributed by atoms with Gasteiger partial charge in [0, 0.05) is 17.4 Å². The number of nitrogens with two attached hydrogens (primary N) is 1. The predicted molar refractivity (Wildman–Crippen MR) is 93.4 cm³/mol. The van der Waals surface area contributed by atoms with Crippen LogP contribution in [0.25, 0.3) is 0 Å². The minimum atomic E-state index is 0. The first kappa shape index (κ1) is 18.5. The van der Waals surface area contributed by atoms with Crippen molar-refractivity contribution in [1.29, 1.82) is 0 Å². The SMILES string of the molecule is Cl.NCC1CCC(C(=O)N2OCC[C@H]2c2ccc(Cl)cc2)CC1. The van der Waals surface area contributed by atoms with Gasteiger partial charge in [0.15, 0.2) is 0 Å². The molecule has 2 fully saturated rings. The third-order valence-corrected chi connectivity index (χ3v) is 5.16. The third-order valence-electron chi connectivity index (χ3n) is 4.91. The molecule has 3 rings (SSSR count). The topological polar surface area (TPSA) is 55.6 Å². The summed E-state index contributed by atoms with van der Waals surface area (Å²) in [5.74, 6) is 0.791. The number of hydroxylamine groups is 2. The van der Waals surface area contributed by atoms with Crippen molar-refractivity contribution in [3.05, 3.63) is 34.9 Å². The van der Waals surface area contributed by atoms with Gasteiger partial charge in [0.05, 0.1) is 12.6 Å². The van der Waals surface area contributed by atoms with E-state index in [1.807, 2.05) is 24.3 Å². The molecule has 1 aliphatic carbocycles. The first-order valence-corrected chi connectivity index (χ1v) is 8.48. The molecule has 23 heavy (non-hydrogen) atoms. The zero-order chi connectivity index (χ0) is 15.5. The molecule has 1 saturated heterocycles. The van der Waals surface area contributed by atoms with Gasteiger partial charge in [-0.15, -0.1) is 12.4 Å². The Morgan fingerprint density at radius 2 is 1.83 bits per heavy atom. The average molecular weight is 359 g/mol. The second-order valence-corrected chi connectivity index (χ2v) is 6.74. The first-order valence-electron chi connectivity index (χ1n) is 8.10. The van der Waals surface area contributed by atoms with E-state index in [2.05, 4.69) is 0 Å². The van der Waals surface area contributed by atoms with Crippen molar-refractivity contribution in [1.82, 2.24) is 5.06 Å². The molecule has 1 aromatic rings. The maximum atomic E-state index is 12.8. The van der Waals surface area contributed by atoms with Gasteiger partial charge in [-0.1, -0.05) is 23.7 Å². The van der Waals surface area contributed by atoms with E-state index >= 15 is 0 Å². The number of carbonyl (C=O) groups excluding carboxylic acids is 1. The lowest BCUT2D eigenvalue weighted by Gasteiger charge is -2.31. The Labute approximate surface area is 148 Å². The molecule has 1 amide bonds. The summed E-state index contributed by atoms with van der Waals surface area (Å²) >= 11 is 5.94. The number of nitrogens with zero attached hydrogens (tertiary/aromatic N) is 1. The van der Waals surface area contributed by atoms with E-state index in [1.165, 1.54) is 0 Å². The van der Waals surface area contributed by atoms with Gasteiger partial charge in [-0.2, -0.15) is 0 Å². The fraction of sp³-hybridized carbons (Fsp3) is 0.588. The summed E-state index contributed by atoms with van der Waals surface area (Å²) in [4.78, 5) is 18.4. The Morgan fingerprint density at radius 3 is 2.43 bits per heavy atom. The molecule has 1 heterocycles. The van der Waals surface area contributed by atoms with Crippen LogP contribution in [0.15, 0.2) is 24.3 Å². The van der Waals surface area contributed by atoms with E-state index in [9.17, 15) is 4.79 Å². The monoisotopic (exact) mass is 358 g/mol. The molecule has 2 N–H and O–H groups in total. The van der Waals surface area contributed by atoms with Gasteiger partial charge in [0.1, 0.15) is 0 Å². The number of hydrogen-bond donors (Lipinski definition) is 1. The number of halogens is 2. The largest absolute Gasteiger partial charge is 0.330 e. The van der Waals surface area contributed by atoms with Crippen molar-refractivity contribution in [3.8, 4) is 0 Å². The second kappa shape index (κ2) is 8.34. The molecule has 0 bridgehead atoms. The molecule has 128 valence electrons. The number of rotatable bonds is 3. The normalized spacial score (nSPS) is 27.6. The van der Waals surface area contributed by atoms with Crippen LogP contribution in [-0.2, 0) is 9.63 Å². The van der Waals surface area contributed by atoms with Crippen LogP contribution in [0.5, 0.6) is 0 Å². The lowest BCUT2D eigenvalue weighted by Crippen LogP contribution is -2.37. The van der Waals surface area contributed by atoms with E-state index in [0.29, 0.717) is 17.5 Å². The summed E-state index contributed by atoms with van der Waals surface area (Å²) in [7, 11) is 0. The van der Waals surface area contributed by atoms with Gasteiger partial charge in [0.2, 0.25) is 5.91 Å². The fourth-order valence-corrected chi connectivity index (χ4v) is 3.63. The second-order valence-electron chi connectivity index (χ2n) is 6.31. The van der Waals surface area contributed by atoms with E-state index in [4.69, 9.17) is 22.2 Å². The summed E-state index contributed by atoms with van der Waals surface area (Å²) in [6.45, 7) is 1.33. The molecule has 0 radical (unpaired) electrons. The number of hydrogen-bond acceptors (Lipinski definition) is 3. The van der Waals surface area contributed by atoms with Crippen LogP contribution in [0, 0.1) is 11.8 Å². The summed E-state index contributed by atoms with van der Waals surface area (Å²) in [6, 6.07) is 7.70. The number of benzene rings is 1. The van der Waals surface area contributed by atoms with Crippen LogP contribution in [0.4, 0.5) is 0 Å². The van der Waals surface area contributed by atoms with E-state index in [1.54, 1.807) is 5.06 Å². The van der Waals surface area contributed by atoms with Crippen LogP contribution in [-0.4, -0.2) is 24.1 Å². The quantitative estimate of drug-likeness (QED) is 0.895. The van der Waals surface area contributed by atoms with Crippen molar-refractivity contribution < 1.29 is 9.63 Å². The maximum Gasteiger partial charge on any atom is 0.249 e. The van der Waals surface area contributed by atoms with Gasteiger partial charge in [-0.05, 0) is 55.8 Å². The van der Waals surface area contributed by atoms with Crippen LogP contribution in [0.2, 0.25) is 5.02 Å². The van der Waals surface area contributed by atoms with Gasteiger partial charge in [0.25, 0.3) is 0 Å². The Balaban J connectivity index is 0.00000192. The van der Waals surface area contributed by atoms with E-state index in [0.717, 1.165) is 44.2 Å². The smallest absolute Gasteiger partial charge is 0.249 e. The summed E-state index contributed by atoms with van der Waals surface area (Å²) < 4.78 is 0. The molecule has 1 aliphatic heterocycles.